The number of carbonyl (C=O) groups excluding carboxylic acids is 1. The molecule has 5 saturated carbocycles. The third-order valence-corrected chi connectivity index (χ3v) is 10.1. The molecule has 1 aromatic rings. The van der Waals surface area contributed by atoms with E-state index in [4.69, 9.17) is 0 Å². The molecular formula is C25H31FN2O. The molecule has 3 nitrogen and oxygen atoms in total. The lowest BCUT2D eigenvalue weighted by Gasteiger charge is -2.66. The van der Waals surface area contributed by atoms with Crippen molar-refractivity contribution < 1.29 is 9.18 Å². The second kappa shape index (κ2) is 5.25. The summed E-state index contributed by atoms with van der Waals surface area (Å²) in [4.78, 5) is 16.4. The summed E-state index contributed by atoms with van der Waals surface area (Å²) >= 11 is 0. The van der Waals surface area contributed by atoms with E-state index >= 15 is 0 Å². The van der Waals surface area contributed by atoms with Gasteiger partial charge in [-0.25, -0.2) is 0 Å². The van der Waals surface area contributed by atoms with Gasteiger partial charge in [0.1, 0.15) is 0 Å². The lowest BCUT2D eigenvalue weighted by molar-refractivity contribution is -0.167. The second-order valence-electron chi connectivity index (χ2n) is 11.7. The monoisotopic (exact) mass is 394 g/mol. The minimum atomic E-state index is -0.360. The van der Waals surface area contributed by atoms with Crippen molar-refractivity contribution in [1.29, 1.82) is 0 Å². The van der Waals surface area contributed by atoms with Crippen LogP contribution in [0.3, 0.4) is 0 Å². The fourth-order valence-corrected chi connectivity index (χ4v) is 9.41. The Hall–Kier alpha value is -1.42. The first-order valence-electron chi connectivity index (χ1n) is 11.7. The molecule has 7 aliphatic rings. The third kappa shape index (κ3) is 2.05. The molecule has 0 aromatic heterocycles. The number of hydrogen-bond acceptors (Lipinski definition) is 2. The first kappa shape index (κ1) is 17.3. The van der Waals surface area contributed by atoms with Gasteiger partial charge in [0.2, 0.25) is 5.91 Å². The third-order valence-electron chi connectivity index (χ3n) is 10.1. The van der Waals surface area contributed by atoms with Crippen LogP contribution < -0.4 is 5.32 Å². The summed E-state index contributed by atoms with van der Waals surface area (Å²) in [6.07, 6.45) is 8.28. The van der Waals surface area contributed by atoms with Gasteiger partial charge in [-0.15, -0.1) is 0 Å². The number of benzene rings is 1. The number of halogens is 1. The van der Waals surface area contributed by atoms with Crippen LogP contribution in [0.25, 0.3) is 0 Å². The molecule has 1 amide bonds. The van der Waals surface area contributed by atoms with Crippen LogP contribution in [0.15, 0.2) is 30.3 Å². The number of amides is 1. The highest BCUT2D eigenvalue weighted by Gasteiger charge is 2.73. The van der Waals surface area contributed by atoms with Crippen molar-refractivity contribution in [1.82, 2.24) is 10.2 Å². The normalized spacial score (nSPS) is 51.3. The van der Waals surface area contributed by atoms with E-state index in [9.17, 15) is 9.18 Å². The van der Waals surface area contributed by atoms with Crippen LogP contribution in [0, 0.1) is 22.7 Å². The van der Waals surface area contributed by atoms with Gasteiger partial charge >= 0.3 is 0 Å². The zero-order valence-corrected chi connectivity index (χ0v) is 17.1. The maximum atomic E-state index is 14.5. The number of alkyl halides is 1. The van der Waals surface area contributed by atoms with Crippen LogP contribution in [0.4, 0.5) is 4.39 Å². The summed E-state index contributed by atoms with van der Waals surface area (Å²) in [5.41, 5.74) is 0.995. The molecule has 29 heavy (non-hydrogen) atoms. The van der Waals surface area contributed by atoms with E-state index in [1.807, 2.05) is 0 Å². The molecule has 7 atom stereocenters. The molecule has 2 aliphatic heterocycles. The Labute approximate surface area is 172 Å². The highest BCUT2D eigenvalue weighted by Crippen LogP contribution is 2.70. The summed E-state index contributed by atoms with van der Waals surface area (Å²) in [6.45, 7) is 1.97. The second-order valence-corrected chi connectivity index (χ2v) is 11.7. The summed E-state index contributed by atoms with van der Waals surface area (Å²) < 4.78 is 14.5. The van der Waals surface area contributed by atoms with Gasteiger partial charge in [-0.05, 0) is 80.7 Å². The van der Waals surface area contributed by atoms with Gasteiger partial charge in [-0.1, -0.05) is 30.3 Å². The van der Waals surface area contributed by atoms with Crippen LogP contribution >= 0.6 is 0 Å². The van der Waals surface area contributed by atoms with E-state index in [1.165, 1.54) is 24.9 Å². The van der Waals surface area contributed by atoms with E-state index in [0.717, 1.165) is 51.0 Å². The Bertz CT molecular complexity index is 890. The smallest absolute Gasteiger partial charge is 0.226 e. The number of hydrogen-bond donors (Lipinski definition) is 1. The number of piperidine rings is 1. The predicted octanol–water partition coefficient (Wildman–Crippen LogP) is 3.83. The van der Waals surface area contributed by atoms with Gasteiger partial charge in [0.15, 0.2) is 0 Å². The fraction of sp³-hybridized carbons (Fsp3) is 0.720. The van der Waals surface area contributed by atoms with Crippen LogP contribution in [-0.2, 0) is 10.2 Å². The Kier molecular flexibility index (Phi) is 3.13. The summed E-state index contributed by atoms with van der Waals surface area (Å²) in [7, 11) is 0. The molecule has 8 rings (SSSR count). The zero-order valence-electron chi connectivity index (χ0n) is 17.1. The molecule has 2 saturated heterocycles. The molecule has 4 heteroatoms. The van der Waals surface area contributed by atoms with Crippen molar-refractivity contribution in [3.8, 4) is 0 Å². The van der Waals surface area contributed by atoms with Gasteiger partial charge in [0.25, 0.3) is 0 Å². The van der Waals surface area contributed by atoms with Crippen LogP contribution in [0.1, 0.15) is 56.9 Å². The van der Waals surface area contributed by atoms with Gasteiger partial charge in [-0.2, -0.15) is 0 Å². The highest BCUT2D eigenvalue weighted by molar-refractivity contribution is 5.84. The first-order chi connectivity index (χ1) is 14.0. The molecule has 1 spiro atoms. The van der Waals surface area contributed by atoms with Crippen molar-refractivity contribution in [3.63, 3.8) is 0 Å². The van der Waals surface area contributed by atoms with Crippen molar-refractivity contribution in [3.05, 3.63) is 35.9 Å². The van der Waals surface area contributed by atoms with Crippen LogP contribution in [0.2, 0.25) is 0 Å². The Morgan fingerprint density at radius 2 is 1.97 bits per heavy atom. The Balaban J connectivity index is 1.23. The van der Waals surface area contributed by atoms with E-state index in [2.05, 4.69) is 40.5 Å². The van der Waals surface area contributed by atoms with Crippen molar-refractivity contribution in [2.75, 3.05) is 19.8 Å². The number of carbonyl (C=O) groups is 1. The fourth-order valence-electron chi connectivity index (χ4n) is 9.41. The van der Waals surface area contributed by atoms with Gasteiger partial charge < -0.3 is 5.32 Å². The summed E-state index contributed by atoms with van der Waals surface area (Å²) in [6, 6.07) is 11.1. The average molecular weight is 395 g/mol. The van der Waals surface area contributed by atoms with E-state index in [1.54, 1.807) is 0 Å². The van der Waals surface area contributed by atoms with Crippen LogP contribution in [-0.4, -0.2) is 42.2 Å². The van der Waals surface area contributed by atoms with Crippen LogP contribution in [0.5, 0.6) is 0 Å². The molecule has 4 bridgehead atoms. The molecule has 4 unspecified atom stereocenters. The predicted molar refractivity (Wildman–Crippen MR) is 109 cm³/mol. The molecule has 5 aliphatic carbocycles. The molecule has 7 fully saturated rings. The standard InChI is InChI=1S/C25H31FN2O/c26-16-22-8-17-9-23(13-22,18-4-2-1-3-5-18)15-24(10-17,14-22)21(29)27-20-12-28-7-6-19-11-25(19,20)28/h1-5,17,19-20H,6-16H2,(H,27,29)/t17?,19?,20-,22-,23+,24?,25?/m1/s1. The molecular weight excluding hydrogens is 363 g/mol. The largest absolute Gasteiger partial charge is 0.350 e. The minimum absolute atomic E-state index is 0.0104. The number of nitrogens with one attached hydrogen (secondary N) is 1. The molecule has 1 aromatic carbocycles. The van der Waals surface area contributed by atoms with Crippen molar-refractivity contribution in [2.24, 2.45) is 22.7 Å². The zero-order chi connectivity index (χ0) is 19.5. The SMILES string of the molecule is O=C(N[C@@H]1CN2CCC3CC312)C12CC3C[C@](CF)(C1)C[C@@](c1ccccc1)(C3)C2. The van der Waals surface area contributed by atoms with Crippen molar-refractivity contribution in [2.45, 2.75) is 68.4 Å². The van der Waals surface area contributed by atoms with E-state index < -0.39 is 0 Å². The minimum Gasteiger partial charge on any atom is -0.350 e. The van der Waals surface area contributed by atoms with Gasteiger partial charge in [-0.3, -0.25) is 14.1 Å². The Morgan fingerprint density at radius 1 is 1.10 bits per heavy atom. The average Bonchev–Trinajstić information content (AvgIpc) is 3.41. The van der Waals surface area contributed by atoms with Gasteiger partial charge in [0, 0.05) is 17.5 Å². The van der Waals surface area contributed by atoms with Crippen molar-refractivity contribution >= 4 is 5.91 Å². The molecule has 1 N–H and O–H groups in total. The molecule has 154 valence electrons. The lowest BCUT2D eigenvalue weighted by atomic mass is 9.38. The maximum Gasteiger partial charge on any atom is 0.226 e. The topological polar surface area (TPSA) is 32.3 Å². The Morgan fingerprint density at radius 3 is 2.72 bits per heavy atom. The van der Waals surface area contributed by atoms with E-state index in [-0.39, 0.29) is 28.8 Å². The highest BCUT2D eigenvalue weighted by atomic mass is 19.1. The number of rotatable bonds is 4. The summed E-state index contributed by atoms with van der Waals surface area (Å²) in [5, 5.41) is 3.53. The van der Waals surface area contributed by atoms with Gasteiger partial charge in [0.05, 0.1) is 18.1 Å². The molecule has 0 radical (unpaired) electrons. The summed E-state index contributed by atoms with van der Waals surface area (Å²) in [5.74, 6) is 1.56. The lowest BCUT2D eigenvalue weighted by Crippen LogP contribution is -2.70. The number of nitrogens with zero attached hydrogens (tertiary/aromatic N) is 1. The first-order valence-corrected chi connectivity index (χ1v) is 11.7. The molecule has 2 heterocycles. The van der Waals surface area contributed by atoms with E-state index in [0.29, 0.717) is 17.5 Å². The quantitative estimate of drug-likeness (QED) is 0.842. The maximum absolute atomic E-state index is 14.5.